The van der Waals surface area contributed by atoms with Gasteiger partial charge in [0, 0.05) is 6.42 Å². The Morgan fingerprint density at radius 1 is 1.00 bits per heavy atom. The second kappa shape index (κ2) is 11.8. The summed E-state index contributed by atoms with van der Waals surface area (Å²) in [7, 11) is 0. The first-order valence-electron chi connectivity index (χ1n) is 5.93. The molecular weight excluding hydrogens is 200 g/mol. The van der Waals surface area contributed by atoms with E-state index in [2.05, 4.69) is 12.7 Å². The van der Waals surface area contributed by atoms with E-state index >= 15 is 0 Å². The lowest BCUT2D eigenvalue weighted by molar-refractivity contribution is -0.137. The van der Waals surface area contributed by atoms with Crippen molar-refractivity contribution < 1.29 is 9.90 Å². The van der Waals surface area contributed by atoms with Gasteiger partial charge in [-0.1, -0.05) is 56.2 Å². The Morgan fingerprint density at radius 2 is 1.69 bits per heavy atom. The molecule has 1 N–H and O–H groups in total. The molecule has 0 saturated heterocycles. The van der Waals surface area contributed by atoms with E-state index in [-0.39, 0.29) is 0 Å². The summed E-state index contributed by atoms with van der Waals surface area (Å²) >= 11 is 0. The predicted octanol–water partition coefficient (Wildman–Crippen LogP) is 4.10. The highest BCUT2D eigenvalue weighted by Gasteiger charge is 1.95. The molecular formula is C14H22O2. The zero-order valence-corrected chi connectivity index (χ0v) is 9.90. The molecule has 0 aromatic carbocycles. The average molecular weight is 222 g/mol. The molecule has 0 unspecified atom stereocenters. The largest absolute Gasteiger partial charge is 0.481 e. The van der Waals surface area contributed by atoms with Crippen molar-refractivity contribution in [3.63, 3.8) is 0 Å². The van der Waals surface area contributed by atoms with Crippen molar-refractivity contribution in [1.82, 2.24) is 0 Å². The molecule has 90 valence electrons. The first kappa shape index (κ1) is 14.7. The number of allylic oxidation sites excluding steroid dienone is 5. The standard InChI is InChI=1S/C14H22O2/c1-2-3-4-5-6-7-8-9-10-11-12-13-14(15)16/h2-6H,1,7-13H2,(H,15,16)/b4-3+,6-5-. The summed E-state index contributed by atoms with van der Waals surface area (Å²) in [4.78, 5) is 10.2. The zero-order valence-electron chi connectivity index (χ0n) is 9.90. The van der Waals surface area contributed by atoms with Crippen LogP contribution in [-0.4, -0.2) is 11.1 Å². The van der Waals surface area contributed by atoms with Crippen molar-refractivity contribution in [2.24, 2.45) is 0 Å². The summed E-state index contributed by atoms with van der Waals surface area (Å²) in [6.07, 6.45) is 16.6. The maximum atomic E-state index is 10.2. The van der Waals surface area contributed by atoms with Crippen LogP contribution in [0.4, 0.5) is 0 Å². The topological polar surface area (TPSA) is 37.3 Å². The number of rotatable bonds is 10. The molecule has 0 aliphatic carbocycles. The molecule has 0 spiro atoms. The van der Waals surface area contributed by atoms with Gasteiger partial charge >= 0.3 is 5.97 Å². The van der Waals surface area contributed by atoms with Crippen molar-refractivity contribution in [3.05, 3.63) is 37.0 Å². The van der Waals surface area contributed by atoms with Gasteiger partial charge < -0.3 is 5.11 Å². The van der Waals surface area contributed by atoms with Gasteiger partial charge in [-0.3, -0.25) is 4.79 Å². The van der Waals surface area contributed by atoms with Gasteiger partial charge in [-0.2, -0.15) is 0 Å². The minimum absolute atomic E-state index is 0.312. The van der Waals surface area contributed by atoms with E-state index in [9.17, 15) is 4.79 Å². The number of carboxylic acid groups (broad SMARTS) is 1. The summed E-state index contributed by atoms with van der Waals surface area (Å²) in [6, 6.07) is 0. The smallest absolute Gasteiger partial charge is 0.303 e. The van der Waals surface area contributed by atoms with Gasteiger partial charge in [-0.25, -0.2) is 0 Å². The normalized spacial score (nSPS) is 11.2. The Kier molecular flexibility index (Phi) is 10.8. The molecule has 0 aromatic rings. The Hall–Kier alpha value is -1.31. The third-order valence-electron chi connectivity index (χ3n) is 2.26. The SMILES string of the molecule is C=C/C=C/C=C\CCCCCCCC(=O)O. The van der Waals surface area contributed by atoms with Crippen LogP contribution >= 0.6 is 0 Å². The molecule has 16 heavy (non-hydrogen) atoms. The summed E-state index contributed by atoms with van der Waals surface area (Å²) < 4.78 is 0. The summed E-state index contributed by atoms with van der Waals surface area (Å²) in [5.41, 5.74) is 0. The van der Waals surface area contributed by atoms with E-state index < -0.39 is 5.97 Å². The number of carboxylic acids is 1. The highest BCUT2D eigenvalue weighted by atomic mass is 16.4. The van der Waals surface area contributed by atoms with Crippen LogP contribution in [0.3, 0.4) is 0 Å². The molecule has 0 aliphatic heterocycles. The number of hydrogen-bond donors (Lipinski definition) is 1. The van der Waals surface area contributed by atoms with Crippen LogP contribution < -0.4 is 0 Å². The van der Waals surface area contributed by atoms with E-state index in [1.165, 1.54) is 12.8 Å². The van der Waals surface area contributed by atoms with E-state index in [1.807, 2.05) is 18.2 Å². The van der Waals surface area contributed by atoms with E-state index in [0.717, 1.165) is 25.7 Å². The van der Waals surface area contributed by atoms with Crippen LogP contribution in [0.2, 0.25) is 0 Å². The van der Waals surface area contributed by atoms with Gasteiger partial charge in [-0.05, 0) is 19.3 Å². The van der Waals surface area contributed by atoms with Crippen molar-refractivity contribution in [2.45, 2.75) is 44.9 Å². The van der Waals surface area contributed by atoms with Gasteiger partial charge in [0.1, 0.15) is 0 Å². The fraction of sp³-hybridized carbons (Fsp3) is 0.500. The van der Waals surface area contributed by atoms with Gasteiger partial charge in [-0.15, -0.1) is 0 Å². The first-order chi connectivity index (χ1) is 7.77. The lowest BCUT2D eigenvalue weighted by atomic mass is 10.1. The molecule has 2 heteroatoms. The van der Waals surface area contributed by atoms with Crippen LogP contribution in [-0.2, 0) is 4.79 Å². The monoisotopic (exact) mass is 222 g/mol. The fourth-order valence-electron chi connectivity index (χ4n) is 1.39. The van der Waals surface area contributed by atoms with Crippen molar-refractivity contribution in [1.29, 1.82) is 0 Å². The average Bonchev–Trinajstić information content (AvgIpc) is 2.25. The third-order valence-corrected chi connectivity index (χ3v) is 2.26. The number of aliphatic carboxylic acids is 1. The molecule has 0 rings (SSSR count). The Labute approximate surface area is 98.4 Å². The molecule has 0 aromatic heterocycles. The third kappa shape index (κ3) is 12.7. The second-order valence-electron chi connectivity index (χ2n) is 3.75. The molecule has 2 nitrogen and oxygen atoms in total. The van der Waals surface area contributed by atoms with Crippen molar-refractivity contribution in [3.8, 4) is 0 Å². The fourth-order valence-corrected chi connectivity index (χ4v) is 1.39. The van der Waals surface area contributed by atoms with Gasteiger partial charge in [0.15, 0.2) is 0 Å². The predicted molar refractivity (Wildman–Crippen MR) is 68.4 cm³/mol. The minimum Gasteiger partial charge on any atom is -0.481 e. The minimum atomic E-state index is -0.683. The Bertz CT molecular complexity index is 239. The Balaban J connectivity index is 3.15. The first-order valence-corrected chi connectivity index (χ1v) is 5.93. The van der Waals surface area contributed by atoms with E-state index in [1.54, 1.807) is 6.08 Å². The molecule has 0 amide bonds. The lowest BCUT2D eigenvalue weighted by Crippen LogP contribution is -1.93. The summed E-state index contributed by atoms with van der Waals surface area (Å²) in [5.74, 6) is -0.683. The molecule has 0 radical (unpaired) electrons. The van der Waals surface area contributed by atoms with Crippen LogP contribution in [0, 0.1) is 0 Å². The molecule has 0 heterocycles. The van der Waals surface area contributed by atoms with Crippen LogP contribution in [0.1, 0.15) is 44.9 Å². The molecule has 0 fully saturated rings. The van der Waals surface area contributed by atoms with E-state index in [0.29, 0.717) is 6.42 Å². The zero-order chi connectivity index (χ0) is 12.1. The Morgan fingerprint density at radius 3 is 2.38 bits per heavy atom. The van der Waals surface area contributed by atoms with Crippen LogP contribution in [0.15, 0.2) is 37.0 Å². The number of hydrogen-bond acceptors (Lipinski definition) is 1. The molecule has 0 bridgehead atoms. The molecule has 0 atom stereocenters. The van der Waals surface area contributed by atoms with Crippen LogP contribution in [0.25, 0.3) is 0 Å². The van der Waals surface area contributed by atoms with Crippen molar-refractivity contribution in [2.75, 3.05) is 0 Å². The van der Waals surface area contributed by atoms with Gasteiger partial charge in [0.2, 0.25) is 0 Å². The van der Waals surface area contributed by atoms with E-state index in [4.69, 9.17) is 5.11 Å². The molecule has 0 saturated carbocycles. The van der Waals surface area contributed by atoms with Crippen molar-refractivity contribution >= 4 is 5.97 Å². The highest BCUT2D eigenvalue weighted by Crippen LogP contribution is 2.07. The van der Waals surface area contributed by atoms with Gasteiger partial charge in [0.05, 0.1) is 0 Å². The maximum Gasteiger partial charge on any atom is 0.303 e. The maximum absolute atomic E-state index is 10.2. The number of unbranched alkanes of at least 4 members (excludes halogenated alkanes) is 5. The highest BCUT2D eigenvalue weighted by molar-refractivity contribution is 5.66. The summed E-state index contributed by atoms with van der Waals surface area (Å²) in [5, 5.41) is 8.43. The quantitative estimate of drug-likeness (QED) is 0.446. The van der Waals surface area contributed by atoms with Crippen LogP contribution in [0.5, 0.6) is 0 Å². The second-order valence-corrected chi connectivity index (χ2v) is 3.75. The van der Waals surface area contributed by atoms with Gasteiger partial charge in [0.25, 0.3) is 0 Å². The number of carbonyl (C=O) groups is 1. The molecule has 0 aliphatic rings. The summed E-state index contributed by atoms with van der Waals surface area (Å²) in [6.45, 7) is 3.59. The lowest BCUT2D eigenvalue weighted by Gasteiger charge is -1.97.